The molecule has 7 heteroatoms. The third kappa shape index (κ3) is 4.96. The van der Waals surface area contributed by atoms with Gasteiger partial charge in [-0.05, 0) is 36.2 Å². The van der Waals surface area contributed by atoms with Crippen LogP contribution in [0, 0.1) is 0 Å². The number of rotatable bonds is 8. The van der Waals surface area contributed by atoms with Crippen LogP contribution in [-0.2, 0) is 17.8 Å². The molecule has 2 rings (SSSR count). The molecule has 0 radical (unpaired) electrons. The fourth-order valence-corrected chi connectivity index (χ4v) is 3.06. The van der Waals surface area contributed by atoms with Crippen LogP contribution in [0.25, 0.3) is 0 Å². The molecule has 2 aromatic carbocycles. The second-order valence-electron chi connectivity index (χ2n) is 5.51. The number of ether oxygens (including phenoxy) is 3. The van der Waals surface area contributed by atoms with E-state index in [2.05, 4.69) is 5.32 Å². The van der Waals surface area contributed by atoms with E-state index in [1.165, 1.54) is 0 Å². The summed E-state index contributed by atoms with van der Waals surface area (Å²) in [6.07, 6.45) is 0.849. The normalized spacial score (nSPS) is 10.3. The summed E-state index contributed by atoms with van der Waals surface area (Å²) in [7, 11) is 4.64. The Morgan fingerprint density at radius 2 is 1.65 bits per heavy atom. The molecule has 140 valence electrons. The highest BCUT2D eigenvalue weighted by molar-refractivity contribution is 6.35. The molecule has 26 heavy (non-hydrogen) atoms. The molecule has 0 aromatic heterocycles. The minimum Gasteiger partial charge on any atom is -0.493 e. The number of benzene rings is 2. The van der Waals surface area contributed by atoms with Gasteiger partial charge in [-0.1, -0.05) is 29.3 Å². The van der Waals surface area contributed by atoms with Crippen LogP contribution in [0.3, 0.4) is 0 Å². The first kappa shape index (κ1) is 20.2. The third-order valence-corrected chi connectivity index (χ3v) is 4.49. The van der Waals surface area contributed by atoms with Crippen molar-refractivity contribution in [1.82, 2.24) is 5.32 Å². The van der Waals surface area contributed by atoms with Gasteiger partial charge in [0.15, 0.2) is 11.5 Å². The van der Waals surface area contributed by atoms with Crippen molar-refractivity contribution in [3.8, 4) is 17.2 Å². The van der Waals surface area contributed by atoms with Crippen LogP contribution in [0.4, 0.5) is 0 Å². The van der Waals surface area contributed by atoms with Gasteiger partial charge in [0.2, 0.25) is 11.7 Å². The number of halogens is 2. The van der Waals surface area contributed by atoms with Crippen molar-refractivity contribution in [1.29, 1.82) is 0 Å². The molecule has 1 amide bonds. The van der Waals surface area contributed by atoms with Crippen molar-refractivity contribution in [2.45, 2.75) is 19.4 Å². The Labute approximate surface area is 163 Å². The number of amides is 1. The van der Waals surface area contributed by atoms with E-state index in [0.29, 0.717) is 46.7 Å². The van der Waals surface area contributed by atoms with Crippen molar-refractivity contribution in [2.24, 2.45) is 0 Å². The Morgan fingerprint density at radius 3 is 2.27 bits per heavy atom. The predicted octanol–water partition coefficient (Wildman–Crippen LogP) is 4.27. The van der Waals surface area contributed by atoms with Crippen molar-refractivity contribution >= 4 is 29.1 Å². The fourth-order valence-electron chi connectivity index (χ4n) is 2.56. The molecule has 0 aliphatic rings. The molecule has 0 unspecified atom stereocenters. The van der Waals surface area contributed by atoms with Gasteiger partial charge in [-0.25, -0.2) is 0 Å². The molecule has 0 saturated carbocycles. The van der Waals surface area contributed by atoms with E-state index in [1.54, 1.807) is 39.5 Å². The van der Waals surface area contributed by atoms with Gasteiger partial charge < -0.3 is 19.5 Å². The maximum atomic E-state index is 12.2. The molecule has 2 aromatic rings. The number of methoxy groups -OCH3 is 3. The van der Waals surface area contributed by atoms with Crippen molar-refractivity contribution in [2.75, 3.05) is 21.3 Å². The number of hydrogen-bond donors (Lipinski definition) is 1. The molecule has 5 nitrogen and oxygen atoms in total. The standard InChI is InChI=1S/C19H21Cl2NO4/c1-24-16-8-5-13(18(25-2)19(16)26-3)11-22-17(23)9-6-12-4-7-14(20)10-15(12)21/h4-5,7-8,10H,6,9,11H2,1-3H3,(H,22,23). The molecule has 0 aliphatic carbocycles. The molecule has 1 N–H and O–H groups in total. The quantitative estimate of drug-likeness (QED) is 0.722. The van der Waals surface area contributed by atoms with E-state index in [9.17, 15) is 4.79 Å². The summed E-state index contributed by atoms with van der Waals surface area (Å²) in [6, 6.07) is 8.86. The lowest BCUT2D eigenvalue weighted by Gasteiger charge is -2.16. The zero-order valence-electron chi connectivity index (χ0n) is 14.9. The van der Waals surface area contributed by atoms with Crippen LogP contribution in [0.2, 0.25) is 10.0 Å². The van der Waals surface area contributed by atoms with Gasteiger partial charge in [-0.3, -0.25) is 4.79 Å². The van der Waals surface area contributed by atoms with Crippen LogP contribution in [-0.4, -0.2) is 27.2 Å². The molecule has 0 saturated heterocycles. The second-order valence-corrected chi connectivity index (χ2v) is 6.35. The van der Waals surface area contributed by atoms with Gasteiger partial charge in [0.25, 0.3) is 0 Å². The molecule has 0 bridgehead atoms. The van der Waals surface area contributed by atoms with E-state index in [-0.39, 0.29) is 5.91 Å². The summed E-state index contributed by atoms with van der Waals surface area (Å²) in [5.41, 5.74) is 1.68. The predicted molar refractivity (Wildman–Crippen MR) is 103 cm³/mol. The topological polar surface area (TPSA) is 56.8 Å². The molecule has 0 fully saturated rings. The lowest BCUT2D eigenvalue weighted by atomic mass is 10.1. The second kappa shape index (κ2) is 9.55. The van der Waals surface area contributed by atoms with Gasteiger partial charge in [-0.2, -0.15) is 0 Å². The summed E-state index contributed by atoms with van der Waals surface area (Å²) < 4.78 is 16.0. The first-order chi connectivity index (χ1) is 12.5. The van der Waals surface area contributed by atoms with E-state index < -0.39 is 0 Å². The van der Waals surface area contributed by atoms with E-state index in [0.717, 1.165) is 11.1 Å². The summed E-state index contributed by atoms with van der Waals surface area (Å²) >= 11 is 12.0. The zero-order valence-corrected chi connectivity index (χ0v) is 16.4. The monoisotopic (exact) mass is 397 g/mol. The highest BCUT2D eigenvalue weighted by atomic mass is 35.5. The minimum absolute atomic E-state index is 0.0899. The summed E-state index contributed by atoms with van der Waals surface area (Å²) in [4.78, 5) is 12.2. The van der Waals surface area contributed by atoms with Crippen molar-refractivity contribution in [3.05, 3.63) is 51.5 Å². The van der Waals surface area contributed by atoms with Crippen LogP contribution in [0.15, 0.2) is 30.3 Å². The number of nitrogens with one attached hydrogen (secondary N) is 1. The van der Waals surface area contributed by atoms with Crippen LogP contribution in [0.1, 0.15) is 17.5 Å². The maximum absolute atomic E-state index is 12.2. The van der Waals surface area contributed by atoms with Gasteiger partial charge in [-0.15, -0.1) is 0 Å². The van der Waals surface area contributed by atoms with Crippen LogP contribution < -0.4 is 19.5 Å². The molecule has 0 atom stereocenters. The lowest BCUT2D eigenvalue weighted by molar-refractivity contribution is -0.121. The van der Waals surface area contributed by atoms with Gasteiger partial charge in [0.05, 0.1) is 21.3 Å². The number of carbonyl (C=O) groups excluding carboxylic acids is 1. The Morgan fingerprint density at radius 1 is 0.962 bits per heavy atom. The van der Waals surface area contributed by atoms with Crippen LogP contribution in [0.5, 0.6) is 17.2 Å². The highest BCUT2D eigenvalue weighted by Crippen LogP contribution is 2.39. The Hall–Kier alpha value is -2.11. The number of hydrogen-bond acceptors (Lipinski definition) is 4. The van der Waals surface area contributed by atoms with Crippen molar-refractivity contribution in [3.63, 3.8) is 0 Å². The summed E-state index contributed by atoms with van der Waals surface area (Å²) in [6.45, 7) is 0.316. The average Bonchev–Trinajstić information content (AvgIpc) is 2.64. The first-order valence-corrected chi connectivity index (χ1v) is 8.74. The average molecular weight is 398 g/mol. The van der Waals surface area contributed by atoms with Crippen LogP contribution >= 0.6 is 23.2 Å². The Bertz CT molecular complexity index is 780. The van der Waals surface area contributed by atoms with E-state index in [4.69, 9.17) is 37.4 Å². The smallest absolute Gasteiger partial charge is 0.220 e. The summed E-state index contributed by atoms with van der Waals surface area (Å²) in [5, 5.41) is 4.01. The molecule has 0 heterocycles. The first-order valence-electron chi connectivity index (χ1n) is 7.98. The molecular weight excluding hydrogens is 377 g/mol. The minimum atomic E-state index is -0.0899. The van der Waals surface area contributed by atoms with Gasteiger partial charge in [0.1, 0.15) is 0 Å². The van der Waals surface area contributed by atoms with Gasteiger partial charge in [0, 0.05) is 28.6 Å². The van der Waals surface area contributed by atoms with E-state index >= 15 is 0 Å². The largest absolute Gasteiger partial charge is 0.493 e. The summed E-state index contributed by atoms with van der Waals surface area (Å²) in [5.74, 6) is 1.51. The molecule has 0 aliphatic heterocycles. The van der Waals surface area contributed by atoms with E-state index in [1.807, 2.05) is 12.1 Å². The number of carbonyl (C=O) groups is 1. The Kier molecular flexibility index (Phi) is 7.42. The SMILES string of the molecule is COc1ccc(CNC(=O)CCc2ccc(Cl)cc2Cl)c(OC)c1OC. The number of aryl methyl sites for hydroxylation is 1. The zero-order chi connectivity index (χ0) is 19.1. The molecular formula is C19H21Cl2NO4. The maximum Gasteiger partial charge on any atom is 0.220 e. The van der Waals surface area contributed by atoms with Crippen molar-refractivity contribution < 1.29 is 19.0 Å². The fraction of sp³-hybridized carbons (Fsp3) is 0.316. The highest BCUT2D eigenvalue weighted by Gasteiger charge is 2.16. The molecule has 0 spiro atoms. The van der Waals surface area contributed by atoms with Gasteiger partial charge >= 0.3 is 0 Å². The lowest BCUT2D eigenvalue weighted by Crippen LogP contribution is -2.23. The third-order valence-electron chi connectivity index (χ3n) is 3.90. The Balaban J connectivity index is 1.98.